The number of hydrogen-bond donors (Lipinski definition) is 2. The zero-order valence-electron chi connectivity index (χ0n) is 13.7. The highest BCUT2D eigenvalue weighted by atomic mass is 16.3. The zero-order chi connectivity index (χ0) is 15.7. The maximum Gasteiger partial charge on any atom is 0.119 e. The monoisotopic (exact) mass is 296 g/mol. The molecule has 116 valence electrons. The number of rotatable bonds is 0. The van der Waals surface area contributed by atoms with Crippen molar-refractivity contribution in [1.29, 1.82) is 0 Å². The number of aryl methyl sites for hydroxylation is 1. The third-order valence-corrected chi connectivity index (χ3v) is 6.05. The highest BCUT2D eigenvalue weighted by Crippen LogP contribution is 2.63. The third kappa shape index (κ3) is 1.56. The van der Waals surface area contributed by atoms with E-state index in [1.807, 2.05) is 19.1 Å². The van der Waals surface area contributed by atoms with E-state index < -0.39 is 0 Å². The minimum Gasteiger partial charge on any atom is -0.508 e. The first-order valence-corrected chi connectivity index (χ1v) is 8.36. The van der Waals surface area contributed by atoms with E-state index in [9.17, 15) is 10.2 Å². The van der Waals surface area contributed by atoms with E-state index >= 15 is 0 Å². The van der Waals surface area contributed by atoms with Gasteiger partial charge in [0, 0.05) is 11.0 Å². The minimum absolute atomic E-state index is 0.0294. The lowest BCUT2D eigenvalue weighted by molar-refractivity contribution is 0.341. The summed E-state index contributed by atoms with van der Waals surface area (Å²) in [5.41, 5.74) is 5.84. The van der Waals surface area contributed by atoms with Crippen molar-refractivity contribution in [2.75, 3.05) is 0 Å². The van der Waals surface area contributed by atoms with Crippen LogP contribution < -0.4 is 0 Å². The van der Waals surface area contributed by atoms with Gasteiger partial charge in [0.15, 0.2) is 0 Å². The van der Waals surface area contributed by atoms with Crippen LogP contribution in [0.15, 0.2) is 29.5 Å². The first-order valence-electron chi connectivity index (χ1n) is 8.36. The van der Waals surface area contributed by atoms with Crippen molar-refractivity contribution in [1.82, 2.24) is 0 Å². The molecule has 2 N–H and O–H groups in total. The van der Waals surface area contributed by atoms with Crippen LogP contribution in [0, 0.1) is 12.3 Å². The molecule has 0 aliphatic heterocycles. The number of hydrogen-bond acceptors (Lipinski definition) is 2. The van der Waals surface area contributed by atoms with E-state index in [0.717, 1.165) is 36.0 Å². The summed E-state index contributed by atoms with van der Waals surface area (Å²) in [5.74, 6) is 0.815. The van der Waals surface area contributed by atoms with Crippen LogP contribution in [0.5, 0.6) is 5.75 Å². The summed E-state index contributed by atoms with van der Waals surface area (Å²) in [6, 6.07) is 4.04. The number of phenolic OH excluding ortho intramolecular Hbond substituents is 1. The Hall–Kier alpha value is -1.70. The van der Waals surface area contributed by atoms with Gasteiger partial charge in [-0.15, -0.1) is 0 Å². The Morgan fingerprint density at radius 3 is 2.41 bits per heavy atom. The van der Waals surface area contributed by atoms with Crippen molar-refractivity contribution in [2.45, 2.75) is 58.3 Å². The fourth-order valence-corrected chi connectivity index (χ4v) is 5.11. The number of aliphatic hydroxyl groups is 1. The van der Waals surface area contributed by atoms with E-state index in [-0.39, 0.29) is 10.8 Å². The van der Waals surface area contributed by atoms with Crippen molar-refractivity contribution in [3.05, 3.63) is 46.2 Å². The molecule has 0 saturated heterocycles. The number of allylic oxidation sites excluding steroid dienone is 3. The molecule has 2 nitrogen and oxygen atoms in total. The molecule has 1 aromatic rings. The molecule has 2 heteroatoms. The van der Waals surface area contributed by atoms with Gasteiger partial charge < -0.3 is 10.2 Å². The molecule has 1 spiro atoms. The smallest absolute Gasteiger partial charge is 0.119 e. The van der Waals surface area contributed by atoms with Gasteiger partial charge in [-0.05, 0) is 72.1 Å². The molecule has 4 rings (SSSR count). The lowest BCUT2D eigenvalue weighted by Crippen LogP contribution is -2.32. The molecule has 0 bridgehead atoms. The topological polar surface area (TPSA) is 40.5 Å². The zero-order valence-corrected chi connectivity index (χ0v) is 13.7. The van der Waals surface area contributed by atoms with Gasteiger partial charge in [-0.1, -0.05) is 26.7 Å². The first-order chi connectivity index (χ1) is 10.4. The summed E-state index contributed by atoms with van der Waals surface area (Å²) in [6.07, 6.45) is 7.59. The standard InChI is InChI=1S/C20H24O2/c1-12-10-13-14(11-16(12)22)20(7-4-5-8-20)18-17(13)15(21)6-9-19(18,2)3/h6,10-11,21-22H,4-5,7-9H2,1-3H3. The summed E-state index contributed by atoms with van der Waals surface area (Å²) >= 11 is 0. The highest BCUT2D eigenvalue weighted by molar-refractivity contribution is 5.90. The van der Waals surface area contributed by atoms with Gasteiger partial charge in [0.05, 0.1) is 0 Å². The lowest BCUT2D eigenvalue weighted by atomic mass is 9.63. The molecule has 1 aromatic carbocycles. The predicted octanol–water partition coefficient (Wildman–Crippen LogP) is 5.15. The van der Waals surface area contributed by atoms with Crippen LogP contribution >= 0.6 is 0 Å². The third-order valence-electron chi connectivity index (χ3n) is 6.05. The molecule has 1 fully saturated rings. The van der Waals surface area contributed by atoms with Gasteiger partial charge in [-0.3, -0.25) is 0 Å². The Morgan fingerprint density at radius 2 is 1.73 bits per heavy atom. The van der Waals surface area contributed by atoms with Crippen LogP contribution in [-0.4, -0.2) is 10.2 Å². The van der Waals surface area contributed by atoms with Crippen LogP contribution in [0.2, 0.25) is 0 Å². The number of fused-ring (bicyclic) bond motifs is 4. The second-order valence-corrected chi connectivity index (χ2v) is 7.90. The quantitative estimate of drug-likeness (QED) is 0.695. The Bertz CT molecular complexity index is 728. The molecular weight excluding hydrogens is 272 g/mol. The molecule has 3 aliphatic rings. The van der Waals surface area contributed by atoms with Crippen LogP contribution in [0.4, 0.5) is 0 Å². The van der Waals surface area contributed by atoms with Crippen molar-refractivity contribution in [2.24, 2.45) is 5.41 Å². The van der Waals surface area contributed by atoms with Gasteiger partial charge >= 0.3 is 0 Å². The molecule has 0 atom stereocenters. The maximum absolute atomic E-state index is 10.6. The summed E-state index contributed by atoms with van der Waals surface area (Å²) < 4.78 is 0. The fraction of sp³-hybridized carbons (Fsp3) is 0.500. The van der Waals surface area contributed by atoms with E-state index in [2.05, 4.69) is 19.9 Å². The van der Waals surface area contributed by atoms with Crippen molar-refractivity contribution in [3.63, 3.8) is 0 Å². The van der Waals surface area contributed by atoms with Gasteiger partial charge in [0.1, 0.15) is 11.5 Å². The van der Waals surface area contributed by atoms with Gasteiger partial charge in [-0.25, -0.2) is 0 Å². The lowest BCUT2D eigenvalue weighted by Gasteiger charge is -2.40. The second kappa shape index (κ2) is 4.18. The molecule has 0 radical (unpaired) electrons. The number of aromatic hydroxyl groups is 1. The van der Waals surface area contributed by atoms with Crippen LogP contribution in [0.25, 0.3) is 5.57 Å². The van der Waals surface area contributed by atoms with Gasteiger partial charge in [-0.2, -0.15) is 0 Å². The van der Waals surface area contributed by atoms with Crippen molar-refractivity contribution in [3.8, 4) is 5.75 Å². The van der Waals surface area contributed by atoms with E-state index in [0.29, 0.717) is 11.5 Å². The highest BCUT2D eigenvalue weighted by Gasteiger charge is 2.53. The average molecular weight is 296 g/mol. The summed E-state index contributed by atoms with van der Waals surface area (Å²) in [5, 5.41) is 20.9. The van der Waals surface area contributed by atoms with Crippen LogP contribution in [0.1, 0.15) is 62.6 Å². The van der Waals surface area contributed by atoms with Gasteiger partial charge in [0.25, 0.3) is 0 Å². The fourth-order valence-electron chi connectivity index (χ4n) is 5.11. The molecule has 0 unspecified atom stereocenters. The summed E-state index contributed by atoms with van der Waals surface area (Å²) in [4.78, 5) is 0. The molecule has 22 heavy (non-hydrogen) atoms. The number of aliphatic hydroxyl groups excluding tert-OH is 1. The Labute approximate surface area is 132 Å². The molecule has 0 heterocycles. The second-order valence-electron chi connectivity index (χ2n) is 7.90. The van der Waals surface area contributed by atoms with E-state index in [1.54, 1.807) is 0 Å². The molecule has 0 aromatic heterocycles. The largest absolute Gasteiger partial charge is 0.508 e. The van der Waals surface area contributed by atoms with Crippen LogP contribution in [-0.2, 0) is 5.41 Å². The van der Waals surface area contributed by atoms with Crippen molar-refractivity contribution >= 4 is 5.57 Å². The Morgan fingerprint density at radius 1 is 1.05 bits per heavy atom. The summed E-state index contributed by atoms with van der Waals surface area (Å²) in [7, 11) is 0. The number of phenols is 1. The Kier molecular flexibility index (Phi) is 2.65. The predicted molar refractivity (Wildman–Crippen MR) is 89.0 cm³/mol. The average Bonchev–Trinajstić information content (AvgIpc) is 3.03. The normalized spacial score (nSPS) is 24.4. The molecule has 0 amide bonds. The van der Waals surface area contributed by atoms with Crippen molar-refractivity contribution < 1.29 is 10.2 Å². The van der Waals surface area contributed by atoms with Crippen LogP contribution in [0.3, 0.4) is 0 Å². The summed E-state index contributed by atoms with van der Waals surface area (Å²) in [6.45, 7) is 6.53. The molecular formula is C20H24O2. The van der Waals surface area contributed by atoms with E-state index in [4.69, 9.17) is 0 Å². The Balaban J connectivity index is 2.08. The van der Waals surface area contributed by atoms with Gasteiger partial charge in [0.2, 0.25) is 0 Å². The number of benzene rings is 1. The molecule has 1 saturated carbocycles. The van der Waals surface area contributed by atoms with E-state index in [1.165, 1.54) is 24.0 Å². The SMILES string of the molecule is Cc1cc2c(cc1O)C1(CCCC1)C1=C2C(O)=CCC1(C)C. The maximum atomic E-state index is 10.6. The first kappa shape index (κ1) is 13.9. The minimum atomic E-state index is 0.0294. The molecule has 3 aliphatic carbocycles.